The van der Waals surface area contributed by atoms with Crippen molar-refractivity contribution in [2.45, 2.75) is 6.92 Å². The number of hydrogen-bond donors (Lipinski definition) is 0. The van der Waals surface area contributed by atoms with Crippen molar-refractivity contribution in [3.8, 4) is 45.0 Å². The number of aromatic nitrogens is 3. The average molecular weight is 506 g/mol. The smallest absolute Gasteiger partial charge is 0.163 e. The number of rotatable bonds is 4. The molecule has 5 aromatic carbocycles. The van der Waals surface area contributed by atoms with Crippen LogP contribution in [0.3, 0.4) is 0 Å². The summed E-state index contributed by atoms with van der Waals surface area (Å²) in [5.41, 5.74) is 7.78. The van der Waals surface area contributed by atoms with Crippen molar-refractivity contribution in [1.29, 1.82) is 0 Å². The van der Waals surface area contributed by atoms with E-state index in [0.717, 1.165) is 27.8 Å². The van der Waals surface area contributed by atoms with Gasteiger partial charge in [-0.1, -0.05) is 78.4 Å². The lowest BCUT2D eigenvalue weighted by Gasteiger charge is -2.11. The Balaban J connectivity index is 1.36. The highest BCUT2D eigenvalue weighted by Crippen LogP contribution is 2.36. The van der Waals surface area contributed by atoms with Crippen LogP contribution in [0.5, 0.6) is 0 Å². The fraction of sp³-hybridized carbons (Fsp3) is 0.0294. The van der Waals surface area contributed by atoms with Crippen LogP contribution in [0.2, 0.25) is 0 Å². The van der Waals surface area contributed by atoms with Crippen LogP contribution in [0, 0.1) is 6.92 Å². The van der Waals surface area contributed by atoms with Crippen LogP contribution < -0.4 is 0 Å². The first-order valence-corrected chi connectivity index (χ1v) is 13.4. The van der Waals surface area contributed by atoms with E-state index < -0.39 is 0 Å². The predicted molar refractivity (Wildman–Crippen MR) is 159 cm³/mol. The lowest BCUT2D eigenvalue weighted by atomic mass is 9.95. The Bertz CT molecular complexity index is 1920. The van der Waals surface area contributed by atoms with E-state index in [0.29, 0.717) is 11.6 Å². The van der Waals surface area contributed by atoms with Crippen molar-refractivity contribution >= 4 is 31.5 Å². The Labute approximate surface area is 225 Å². The number of benzene rings is 5. The topological polar surface area (TPSA) is 38.7 Å². The van der Waals surface area contributed by atoms with Crippen LogP contribution >= 0.6 is 11.3 Å². The third-order valence-corrected chi connectivity index (χ3v) is 8.04. The highest BCUT2D eigenvalue weighted by molar-refractivity contribution is 7.25. The maximum atomic E-state index is 4.95. The first-order valence-electron chi connectivity index (χ1n) is 12.6. The van der Waals surface area contributed by atoms with Gasteiger partial charge in [0.25, 0.3) is 0 Å². The van der Waals surface area contributed by atoms with Crippen molar-refractivity contribution in [1.82, 2.24) is 15.0 Å². The van der Waals surface area contributed by atoms with E-state index in [1.807, 2.05) is 17.4 Å². The molecule has 3 nitrogen and oxygen atoms in total. The van der Waals surface area contributed by atoms with E-state index >= 15 is 0 Å². The molecule has 0 aliphatic carbocycles. The molecule has 7 aromatic rings. The zero-order chi connectivity index (χ0) is 25.5. The van der Waals surface area contributed by atoms with Gasteiger partial charge in [0.05, 0.1) is 0 Å². The minimum absolute atomic E-state index is 0.663. The molecule has 0 amide bonds. The van der Waals surface area contributed by atoms with E-state index in [2.05, 4.69) is 126 Å². The number of hydrogen-bond acceptors (Lipinski definition) is 4. The Morgan fingerprint density at radius 2 is 1.08 bits per heavy atom. The molecule has 0 saturated heterocycles. The van der Waals surface area contributed by atoms with Gasteiger partial charge in [-0.05, 0) is 71.6 Å². The van der Waals surface area contributed by atoms with Crippen molar-refractivity contribution in [3.63, 3.8) is 0 Å². The molecule has 0 radical (unpaired) electrons. The van der Waals surface area contributed by atoms with Crippen molar-refractivity contribution in [2.24, 2.45) is 0 Å². The number of fused-ring (bicyclic) bond motifs is 3. The molecule has 0 fully saturated rings. The second-order valence-corrected chi connectivity index (χ2v) is 10.6. The van der Waals surface area contributed by atoms with E-state index in [9.17, 15) is 0 Å². The molecule has 38 heavy (non-hydrogen) atoms. The van der Waals surface area contributed by atoms with Gasteiger partial charge in [-0.3, -0.25) is 0 Å². The van der Waals surface area contributed by atoms with Gasteiger partial charge in [0.15, 0.2) is 11.6 Å². The fourth-order valence-corrected chi connectivity index (χ4v) is 5.99. The van der Waals surface area contributed by atoms with Gasteiger partial charge in [0.1, 0.15) is 6.33 Å². The standard InChI is InChI=1S/C34H23N3S/c1-22-11-13-24(14-12-22)27-17-26(23-7-3-2-4-8-23)18-28(19-27)34-36-21-35-33(37-34)25-15-16-32-30(20-25)29-9-5-6-10-31(29)38-32/h2-21H,1H3. The maximum absolute atomic E-state index is 4.95. The summed E-state index contributed by atoms with van der Waals surface area (Å²) in [4.78, 5) is 14.1. The van der Waals surface area contributed by atoms with E-state index in [1.54, 1.807) is 6.33 Å². The molecule has 0 saturated carbocycles. The summed E-state index contributed by atoms with van der Waals surface area (Å²) in [6, 6.07) is 40.7. The van der Waals surface area contributed by atoms with Crippen LogP contribution in [0.25, 0.3) is 65.2 Å². The molecule has 0 spiro atoms. The van der Waals surface area contributed by atoms with Gasteiger partial charge in [-0.15, -0.1) is 11.3 Å². The molecule has 0 aliphatic rings. The van der Waals surface area contributed by atoms with Crippen molar-refractivity contribution in [2.75, 3.05) is 0 Å². The van der Waals surface area contributed by atoms with Gasteiger partial charge in [0.2, 0.25) is 0 Å². The summed E-state index contributed by atoms with van der Waals surface area (Å²) in [5, 5.41) is 2.50. The molecule has 0 unspecified atom stereocenters. The van der Waals surface area contributed by atoms with Crippen LogP contribution in [-0.2, 0) is 0 Å². The summed E-state index contributed by atoms with van der Waals surface area (Å²) >= 11 is 1.81. The van der Waals surface area contributed by atoms with E-state index in [1.165, 1.54) is 31.3 Å². The monoisotopic (exact) mass is 505 g/mol. The molecular formula is C34H23N3S. The second kappa shape index (κ2) is 9.33. The summed E-state index contributed by atoms with van der Waals surface area (Å²) in [7, 11) is 0. The normalized spacial score (nSPS) is 11.3. The Hall–Kier alpha value is -4.67. The molecule has 0 atom stereocenters. The van der Waals surface area contributed by atoms with Crippen molar-refractivity contribution < 1.29 is 0 Å². The van der Waals surface area contributed by atoms with Gasteiger partial charge in [0, 0.05) is 31.3 Å². The summed E-state index contributed by atoms with van der Waals surface area (Å²) in [6.07, 6.45) is 1.62. The third kappa shape index (κ3) is 4.15. The number of thiophene rings is 1. The first kappa shape index (κ1) is 22.5. The minimum atomic E-state index is 0.663. The lowest BCUT2D eigenvalue weighted by molar-refractivity contribution is 1.07. The highest BCUT2D eigenvalue weighted by atomic mass is 32.1. The molecule has 0 aliphatic heterocycles. The van der Waals surface area contributed by atoms with Crippen molar-refractivity contribution in [3.05, 3.63) is 127 Å². The quantitative estimate of drug-likeness (QED) is 0.239. The van der Waals surface area contributed by atoms with E-state index in [-0.39, 0.29) is 0 Å². The molecule has 4 heteroatoms. The van der Waals surface area contributed by atoms with Gasteiger partial charge in [-0.25, -0.2) is 15.0 Å². The van der Waals surface area contributed by atoms with E-state index in [4.69, 9.17) is 4.98 Å². The largest absolute Gasteiger partial charge is 0.217 e. The Kier molecular flexibility index (Phi) is 5.53. The van der Waals surface area contributed by atoms with Gasteiger partial charge >= 0.3 is 0 Å². The molecule has 2 aromatic heterocycles. The minimum Gasteiger partial charge on any atom is -0.217 e. The summed E-state index contributed by atoms with van der Waals surface area (Å²) < 4.78 is 2.56. The molecule has 7 rings (SSSR count). The van der Waals surface area contributed by atoms with Gasteiger partial charge in [-0.2, -0.15) is 0 Å². The first-order chi connectivity index (χ1) is 18.7. The Morgan fingerprint density at radius 1 is 0.474 bits per heavy atom. The molecule has 180 valence electrons. The summed E-state index contributed by atoms with van der Waals surface area (Å²) in [6.45, 7) is 2.11. The van der Waals surface area contributed by atoms with Crippen LogP contribution in [0.1, 0.15) is 5.56 Å². The van der Waals surface area contributed by atoms with Crippen LogP contribution in [-0.4, -0.2) is 15.0 Å². The predicted octanol–water partition coefficient (Wildman–Crippen LogP) is 9.22. The van der Waals surface area contributed by atoms with Crippen LogP contribution in [0.4, 0.5) is 0 Å². The SMILES string of the molecule is Cc1ccc(-c2cc(-c3ccccc3)cc(-c3ncnc(-c4ccc5sc6ccccc6c5c4)n3)c2)cc1. The highest BCUT2D eigenvalue weighted by Gasteiger charge is 2.13. The molecule has 0 bridgehead atoms. The Morgan fingerprint density at radius 3 is 1.87 bits per heavy atom. The maximum Gasteiger partial charge on any atom is 0.163 e. The lowest BCUT2D eigenvalue weighted by Crippen LogP contribution is -1.96. The second-order valence-electron chi connectivity index (χ2n) is 9.47. The average Bonchev–Trinajstić information content (AvgIpc) is 3.36. The summed E-state index contributed by atoms with van der Waals surface area (Å²) in [5.74, 6) is 1.34. The fourth-order valence-electron chi connectivity index (χ4n) is 4.91. The molecular weight excluding hydrogens is 482 g/mol. The van der Waals surface area contributed by atoms with Gasteiger partial charge < -0.3 is 0 Å². The molecule has 0 N–H and O–H groups in total. The third-order valence-electron chi connectivity index (χ3n) is 6.89. The van der Waals surface area contributed by atoms with Crippen LogP contribution in [0.15, 0.2) is 122 Å². The number of aryl methyl sites for hydroxylation is 1. The molecule has 2 heterocycles. The zero-order valence-electron chi connectivity index (χ0n) is 20.8. The zero-order valence-corrected chi connectivity index (χ0v) is 21.6. The number of nitrogens with zero attached hydrogens (tertiary/aromatic N) is 3.